The number of anilines is 1. The van der Waals surface area contributed by atoms with Crippen molar-refractivity contribution in [2.24, 2.45) is 0 Å². The molecule has 2 heterocycles. The molecule has 0 unspecified atom stereocenters. The van der Waals surface area contributed by atoms with E-state index in [-0.39, 0.29) is 5.82 Å². The van der Waals surface area contributed by atoms with E-state index in [9.17, 15) is 4.39 Å². The van der Waals surface area contributed by atoms with Gasteiger partial charge < -0.3 is 4.90 Å². The fraction of sp³-hybridized carbons (Fsp3) is 0.391. The van der Waals surface area contributed by atoms with Gasteiger partial charge >= 0.3 is 0 Å². The molecule has 0 spiro atoms. The van der Waals surface area contributed by atoms with Gasteiger partial charge in [0.2, 0.25) is 0 Å². The fourth-order valence-corrected chi connectivity index (χ4v) is 3.92. The molecule has 1 aliphatic heterocycles. The van der Waals surface area contributed by atoms with Crippen LogP contribution >= 0.6 is 0 Å². The first-order chi connectivity index (χ1) is 14.1. The average Bonchev–Trinajstić information content (AvgIpc) is 3.19. The second-order valence-electron chi connectivity index (χ2n) is 7.85. The van der Waals surface area contributed by atoms with Crippen LogP contribution in [0.2, 0.25) is 0 Å². The lowest BCUT2D eigenvalue weighted by atomic mass is 10.1. The van der Waals surface area contributed by atoms with Crippen LogP contribution in [0.3, 0.4) is 0 Å². The molecule has 3 aromatic rings. The molecule has 0 aliphatic carbocycles. The molecule has 6 heteroatoms. The molecule has 1 fully saturated rings. The fourth-order valence-electron chi connectivity index (χ4n) is 3.92. The molecule has 1 aromatic heterocycles. The molecule has 5 nitrogen and oxygen atoms in total. The Kier molecular flexibility index (Phi) is 5.90. The number of hydrogen-bond donors (Lipinski definition) is 0. The summed E-state index contributed by atoms with van der Waals surface area (Å²) >= 11 is 0. The van der Waals surface area contributed by atoms with Crippen molar-refractivity contribution >= 4 is 5.69 Å². The van der Waals surface area contributed by atoms with Gasteiger partial charge in [0, 0.05) is 50.5 Å². The van der Waals surface area contributed by atoms with Gasteiger partial charge in [0.25, 0.3) is 0 Å². The maximum atomic E-state index is 13.4. The summed E-state index contributed by atoms with van der Waals surface area (Å²) in [6.07, 6.45) is 2.92. The predicted molar refractivity (Wildman–Crippen MR) is 115 cm³/mol. The van der Waals surface area contributed by atoms with Crippen molar-refractivity contribution in [3.8, 4) is 11.3 Å². The van der Waals surface area contributed by atoms with E-state index in [1.165, 1.54) is 28.9 Å². The number of aromatic nitrogens is 3. The summed E-state index contributed by atoms with van der Waals surface area (Å²) in [5.74, 6) is -0.253. The van der Waals surface area contributed by atoms with Gasteiger partial charge in [0.15, 0.2) is 0 Å². The normalized spacial score (nSPS) is 15.1. The third-order valence-corrected chi connectivity index (χ3v) is 5.60. The molecule has 0 amide bonds. The summed E-state index contributed by atoms with van der Waals surface area (Å²) in [7, 11) is 0. The lowest BCUT2D eigenvalue weighted by Crippen LogP contribution is -2.47. The van der Waals surface area contributed by atoms with Crippen molar-refractivity contribution in [3.05, 3.63) is 65.6 Å². The zero-order valence-corrected chi connectivity index (χ0v) is 17.2. The van der Waals surface area contributed by atoms with E-state index in [0.717, 1.165) is 51.3 Å². The average molecular weight is 394 g/mol. The van der Waals surface area contributed by atoms with E-state index < -0.39 is 0 Å². The van der Waals surface area contributed by atoms with Gasteiger partial charge in [-0.15, -0.1) is 5.10 Å². The number of rotatable bonds is 6. The van der Waals surface area contributed by atoms with Crippen molar-refractivity contribution in [1.29, 1.82) is 0 Å². The summed E-state index contributed by atoms with van der Waals surface area (Å²) in [6.45, 7) is 10.5. The van der Waals surface area contributed by atoms with Gasteiger partial charge in [-0.05, 0) is 49.6 Å². The van der Waals surface area contributed by atoms with Crippen LogP contribution in [0.15, 0.2) is 48.7 Å². The Morgan fingerprint density at radius 1 is 0.966 bits per heavy atom. The second kappa shape index (κ2) is 8.74. The first kappa shape index (κ1) is 19.6. The Bertz CT molecular complexity index is 959. The van der Waals surface area contributed by atoms with Gasteiger partial charge in [-0.1, -0.05) is 29.5 Å². The zero-order chi connectivity index (χ0) is 20.2. The third-order valence-electron chi connectivity index (χ3n) is 5.60. The molecule has 1 aliphatic rings. The summed E-state index contributed by atoms with van der Waals surface area (Å²) < 4.78 is 15.2. The predicted octanol–water partition coefficient (Wildman–Crippen LogP) is 3.91. The molecular weight excluding hydrogens is 365 g/mol. The highest BCUT2D eigenvalue weighted by atomic mass is 19.1. The molecule has 1 saturated heterocycles. The number of benzene rings is 2. The first-order valence-corrected chi connectivity index (χ1v) is 10.3. The molecule has 2 aromatic carbocycles. The van der Waals surface area contributed by atoms with Crippen LogP contribution in [0.4, 0.5) is 10.1 Å². The summed E-state index contributed by atoms with van der Waals surface area (Å²) in [5.41, 5.74) is 5.52. The lowest BCUT2D eigenvalue weighted by Gasteiger charge is -2.37. The molecule has 0 saturated carbocycles. The van der Waals surface area contributed by atoms with Crippen LogP contribution in [0.1, 0.15) is 17.5 Å². The number of aryl methyl sites for hydroxylation is 3. The van der Waals surface area contributed by atoms with E-state index in [4.69, 9.17) is 0 Å². The molecule has 152 valence electrons. The van der Waals surface area contributed by atoms with E-state index in [0.29, 0.717) is 5.69 Å². The van der Waals surface area contributed by atoms with E-state index in [1.807, 2.05) is 16.9 Å². The van der Waals surface area contributed by atoms with E-state index in [2.05, 4.69) is 52.2 Å². The van der Waals surface area contributed by atoms with Gasteiger partial charge in [0.1, 0.15) is 11.5 Å². The van der Waals surface area contributed by atoms with Crippen molar-refractivity contribution < 1.29 is 4.39 Å². The van der Waals surface area contributed by atoms with Crippen molar-refractivity contribution in [2.45, 2.75) is 26.8 Å². The summed E-state index contributed by atoms with van der Waals surface area (Å²) in [5, 5.41) is 8.37. The number of halogens is 1. The Balaban J connectivity index is 1.25. The van der Waals surface area contributed by atoms with Crippen LogP contribution in [-0.4, -0.2) is 52.6 Å². The summed E-state index contributed by atoms with van der Waals surface area (Å²) in [4.78, 5) is 5.02. The lowest BCUT2D eigenvalue weighted by molar-refractivity contribution is 0.248. The van der Waals surface area contributed by atoms with Crippen LogP contribution in [-0.2, 0) is 6.54 Å². The van der Waals surface area contributed by atoms with Crippen LogP contribution < -0.4 is 4.90 Å². The topological polar surface area (TPSA) is 37.2 Å². The van der Waals surface area contributed by atoms with Crippen molar-refractivity contribution in [2.75, 3.05) is 37.6 Å². The highest BCUT2D eigenvalue weighted by Crippen LogP contribution is 2.23. The largest absolute Gasteiger partial charge is 0.369 e. The maximum Gasteiger partial charge on any atom is 0.123 e. The Morgan fingerprint density at radius 3 is 2.59 bits per heavy atom. The van der Waals surface area contributed by atoms with Crippen LogP contribution in [0.25, 0.3) is 11.3 Å². The molecule has 0 radical (unpaired) electrons. The van der Waals surface area contributed by atoms with Gasteiger partial charge in [-0.3, -0.25) is 9.58 Å². The standard InChI is InChI=1S/C23H28FN5/c1-18-7-8-19(2)23(15-18)28-13-11-27(12-14-28)9-4-10-29-17-22(25-26-29)20-5-3-6-21(24)16-20/h3,5-8,15-17H,4,9-14H2,1-2H3. The third kappa shape index (κ3) is 4.82. The zero-order valence-electron chi connectivity index (χ0n) is 17.2. The number of piperazine rings is 1. The molecule has 0 N–H and O–H groups in total. The SMILES string of the molecule is Cc1ccc(C)c(N2CCN(CCCn3cc(-c4cccc(F)c4)nn3)CC2)c1. The highest BCUT2D eigenvalue weighted by Gasteiger charge is 2.18. The van der Waals surface area contributed by atoms with Gasteiger partial charge in [-0.25, -0.2) is 4.39 Å². The van der Waals surface area contributed by atoms with Gasteiger partial charge in [0.05, 0.1) is 6.20 Å². The smallest absolute Gasteiger partial charge is 0.123 e. The molecular formula is C23H28FN5. The van der Waals surface area contributed by atoms with Crippen LogP contribution in [0, 0.1) is 19.7 Å². The Morgan fingerprint density at radius 2 is 1.79 bits per heavy atom. The molecule has 0 bridgehead atoms. The van der Waals surface area contributed by atoms with Crippen molar-refractivity contribution in [3.63, 3.8) is 0 Å². The van der Waals surface area contributed by atoms with Crippen molar-refractivity contribution in [1.82, 2.24) is 19.9 Å². The maximum absolute atomic E-state index is 13.4. The molecule has 29 heavy (non-hydrogen) atoms. The Hall–Kier alpha value is -2.73. The number of hydrogen-bond acceptors (Lipinski definition) is 4. The van der Waals surface area contributed by atoms with Gasteiger partial charge in [-0.2, -0.15) is 0 Å². The monoisotopic (exact) mass is 393 g/mol. The van der Waals surface area contributed by atoms with E-state index in [1.54, 1.807) is 6.07 Å². The molecule has 0 atom stereocenters. The molecule has 4 rings (SSSR count). The first-order valence-electron chi connectivity index (χ1n) is 10.3. The highest BCUT2D eigenvalue weighted by molar-refractivity contribution is 5.57. The second-order valence-corrected chi connectivity index (χ2v) is 7.85. The summed E-state index contributed by atoms with van der Waals surface area (Å²) in [6, 6.07) is 13.2. The number of nitrogens with zero attached hydrogens (tertiary/aromatic N) is 5. The Labute approximate surface area is 171 Å². The minimum atomic E-state index is -0.253. The van der Waals surface area contributed by atoms with Crippen LogP contribution in [0.5, 0.6) is 0 Å². The minimum Gasteiger partial charge on any atom is -0.369 e. The van der Waals surface area contributed by atoms with E-state index >= 15 is 0 Å². The quantitative estimate of drug-likeness (QED) is 0.636. The minimum absolute atomic E-state index is 0.253.